The number of aromatic nitrogens is 2. The highest BCUT2D eigenvalue weighted by Gasteiger charge is 2.20. The smallest absolute Gasteiger partial charge is 0.332 e. The van der Waals surface area contributed by atoms with Crippen molar-refractivity contribution in [2.24, 2.45) is 19.9 Å². The number of anilines is 3. The van der Waals surface area contributed by atoms with E-state index in [1.807, 2.05) is 22.6 Å². The van der Waals surface area contributed by atoms with Gasteiger partial charge in [0.25, 0.3) is 5.56 Å². The molecule has 0 spiro atoms. The zero-order valence-corrected chi connectivity index (χ0v) is 14.4. The highest BCUT2D eigenvalue weighted by atomic mass is 127. The Morgan fingerprint density at radius 1 is 1.30 bits per heavy atom. The molecule has 8 nitrogen and oxygen atoms in total. The molecule has 0 saturated carbocycles. The molecule has 2 aromatic rings. The van der Waals surface area contributed by atoms with Gasteiger partial charge in [0.15, 0.2) is 5.69 Å². The van der Waals surface area contributed by atoms with Crippen molar-refractivity contribution in [3.05, 3.63) is 48.4 Å². The topological polar surface area (TPSA) is 102 Å². The first kappa shape index (κ1) is 17.1. The third-order valence-electron chi connectivity index (χ3n) is 3.20. The lowest BCUT2D eigenvalue weighted by Crippen LogP contribution is -2.44. The van der Waals surface area contributed by atoms with Gasteiger partial charge in [0.2, 0.25) is 6.41 Å². The van der Waals surface area contributed by atoms with E-state index >= 15 is 0 Å². The second-order valence-corrected chi connectivity index (χ2v) is 5.91. The Bertz CT molecular complexity index is 892. The van der Waals surface area contributed by atoms with Crippen molar-refractivity contribution in [1.82, 2.24) is 9.13 Å². The van der Waals surface area contributed by atoms with Gasteiger partial charge in [0, 0.05) is 17.7 Å². The van der Waals surface area contributed by atoms with Crippen LogP contribution in [0.15, 0.2) is 27.8 Å². The van der Waals surface area contributed by atoms with Crippen LogP contribution in [0.3, 0.4) is 0 Å². The third kappa shape index (κ3) is 3.12. The van der Waals surface area contributed by atoms with Crippen LogP contribution in [-0.4, -0.2) is 15.5 Å². The van der Waals surface area contributed by atoms with Crippen LogP contribution in [0.5, 0.6) is 0 Å². The number of nitrogens with two attached hydrogens (primary N) is 1. The lowest BCUT2D eigenvalue weighted by Gasteiger charge is -2.20. The Morgan fingerprint density at radius 3 is 2.52 bits per heavy atom. The summed E-state index contributed by atoms with van der Waals surface area (Å²) in [5.41, 5.74) is -1.67. The first-order valence-corrected chi connectivity index (χ1v) is 7.37. The number of hydrogen-bond donors (Lipinski definition) is 2. The van der Waals surface area contributed by atoms with Crippen LogP contribution in [-0.2, 0) is 18.9 Å². The summed E-state index contributed by atoms with van der Waals surface area (Å²) in [5.74, 6) is 4.83. The molecule has 1 heterocycles. The van der Waals surface area contributed by atoms with Gasteiger partial charge in [-0.25, -0.2) is 20.0 Å². The van der Waals surface area contributed by atoms with Gasteiger partial charge >= 0.3 is 5.69 Å². The Hall–Kier alpha value is -2.21. The first-order chi connectivity index (χ1) is 10.8. The van der Waals surface area contributed by atoms with Gasteiger partial charge in [-0.2, -0.15) is 0 Å². The maximum absolute atomic E-state index is 14.0. The van der Waals surface area contributed by atoms with E-state index in [1.54, 1.807) is 6.07 Å². The van der Waals surface area contributed by atoms with Gasteiger partial charge in [-0.05, 0) is 40.8 Å². The van der Waals surface area contributed by atoms with E-state index in [0.717, 1.165) is 9.13 Å². The minimum Gasteiger partial charge on any atom is -0.337 e. The second kappa shape index (κ2) is 6.50. The number of hydrogen-bond acceptors (Lipinski definition) is 5. The monoisotopic (exact) mass is 433 g/mol. The molecule has 0 radical (unpaired) electrons. The highest BCUT2D eigenvalue weighted by molar-refractivity contribution is 14.1. The minimum absolute atomic E-state index is 0.0363. The van der Waals surface area contributed by atoms with Crippen LogP contribution in [0.1, 0.15) is 0 Å². The molecule has 0 atom stereocenters. The van der Waals surface area contributed by atoms with E-state index in [0.29, 0.717) is 8.58 Å². The van der Waals surface area contributed by atoms with Crippen molar-refractivity contribution >= 4 is 46.2 Å². The molecule has 1 aromatic carbocycles. The summed E-state index contributed by atoms with van der Waals surface area (Å²) < 4.78 is 16.6. The average Bonchev–Trinajstić information content (AvgIpc) is 2.52. The Kier molecular flexibility index (Phi) is 4.85. The fourth-order valence-corrected chi connectivity index (χ4v) is 2.43. The SMILES string of the molecule is Cn1c(Nc2ccc(I)cc2F)c(N(N)C=O)c(=O)n(C)c1=O. The van der Waals surface area contributed by atoms with E-state index < -0.39 is 17.1 Å². The number of rotatable bonds is 4. The highest BCUT2D eigenvalue weighted by Crippen LogP contribution is 2.25. The van der Waals surface area contributed by atoms with Crippen molar-refractivity contribution < 1.29 is 9.18 Å². The molecule has 0 aliphatic heterocycles. The quantitative estimate of drug-likeness (QED) is 0.239. The molecule has 3 N–H and O–H groups in total. The molecule has 0 bridgehead atoms. The van der Waals surface area contributed by atoms with E-state index in [2.05, 4.69) is 5.32 Å². The standard InChI is InChI=1S/C13H13FIN5O3/c1-18-11(17-9-4-3-7(15)5-8(9)14)10(20(16)6-21)12(22)19(2)13(18)23/h3-6,17H,16H2,1-2H3. The van der Waals surface area contributed by atoms with Gasteiger partial charge < -0.3 is 5.32 Å². The molecule has 122 valence electrons. The van der Waals surface area contributed by atoms with E-state index in [9.17, 15) is 18.8 Å². The molecule has 0 aliphatic rings. The Labute approximate surface area is 143 Å². The van der Waals surface area contributed by atoms with Gasteiger partial charge in [0.1, 0.15) is 11.6 Å². The van der Waals surface area contributed by atoms with Crippen molar-refractivity contribution in [3.63, 3.8) is 0 Å². The van der Waals surface area contributed by atoms with E-state index in [-0.39, 0.29) is 23.6 Å². The Morgan fingerprint density at radius 2 is 1.96 bits per heavy atom. The van der Waals surface area contributed by atoms with Crippen molar-refractivity contribution in [3.8, 4) is 0 Å². The van der Waals surface area contributed by atoms with Crippen molar-refractivity contribution in [2.45, 2.75) is 0 Å². The molecule has 23 heavy (non-hydrogen) atoms. The summed E-state index contributed by atoms with van der Waals surface area (Å²) in [6.07, 6.45) is 0.219. The lowest BCUT2D eigenvalue weighted by molar-refractivity contribution is -0.107. The molecule has 0 fully saturated rings. The number of benzene rings is 1. The van der Waals surface area contributed by atoms with Gasteiger partial charge in [0.05, 0.1) is 5.69 Å². The molecule has 10 heteroatoms. The van der Waals surface area contributed by atoms with Gasteiger partial charge in [-0.3, -0.25) is 18.7 Å². The number of amides is 1. The molecule has 1 amide bonds. The first-order valence-electron chi connectivity index (χ1n) is 6.29. The minimum atomic E-state index is -0.781. The number of carbonyl (C=O) groups is 1. The predicted octanol–water partition coefficient (Wildman–Crippen LogP) is 0.408. The maximum Gasteiger partial charge on any atom is 0.332 e. The number of carbonyl (C=O) groups excluding carboxylic acids is 1. The lowest BCUT2D eigenvalue weighted by atomic mass is 10.3. The molecular weight excluding hydrogens is 420 g/mol. The van der Waals surface area contributed by atoms with Crippen LogP contribution < -0.4 is 27.4 Å². The second-order valence-electron chi connectivity index (χ2n) is 4.66. The maximum atomic E-state index is 14.0. The molecule has 0 saturated heterocycles. The number of nitrogens with zero attached hydrogens (tertiary/aromatic N) is 3. The summed E-state index contributed by atoms with van der Waals surface area (Å²) in [6.45, 7) is 0. The summed E-state index contributed by atoms with van der Waals surface area (Å²) in [7, 11) is 2.62. The van der Waals surface area contributed by atoms with Gasteiger partial charge in [-0.1, -0.05) is 0 Å². The Balaban J connectivity index is 2.72. The van der Waals surface area contributed by atoms with Crippen molar-refractivity contribution in [1.29, 1.82) is 0 Å². The normalized spacial score (nSPS) is 10.5. The van der Waals surface area contributed by atoms with Gasteiger partial charge in [-0.15, -0.1) is 0 Å². The third-order valence-corrected chi connectivity index (χ3v) is 3.87. The fourth-order valence-electron chi connectivity index (χ4n) is 1.97. The van der Waals surface area contributed by atoms with E-state index in [1.165, 1.54) is 26.2 Å². The van der Waals surface area contributed by atoms with Crippen LogP contribution >= 0.6 is 22.6 Å². The van der Waals surface area contributed by atoms with Crippen LogP contribution in [0, 0.1) is 9.39 Å². The summed E-state index contributed by atoms with van der Waals surface area (Å²) in [5, 5.41) is 3.19. The number of halogens is 2. The fraction of sp³-hybridized carbons (Fsp3) is 0.154. The molecular formula is C13H13FIN5O3. The summed E-state index contributed by atoms with van der Waals surface area (Å²) in [6, 6.07) is 4.37. The van der Waals surface area contributed by atoms with Crippen LogP contribution in [0.4, 0.5) is 21.6 Å². The average molecular weight is 433 g/mol. The zero-order chi connectivity index (χ0) is 17.3. The molecule has 0 aliphatic carbocycles. The summed E-state index contributed by atoms with van der Waals surface area (Å²) >= 11 is 1.95. The number of nitrogens with one attached hydrogen (secondary N) is 1. The van der Waals surface area contributed by atoms with Crippen LogP contribution in [0.2, 0.25) is 0 Å². The molecule has 2 rings (SSSR count). The van der Waals surface area contributed by atoms with Crippen molar-refractivity contribution in [2.75, 3.05) is 10.3 Å². The number of hydrazine groups is 1. The largest absolute Gasteiger partial charge is 0.337 e. The van der Waals surface area contributed by atoms with E-state index in [4.69, 9.17) is 5.84 Å². The molecule has 1 aromatic heterocycles. The predicted molar refractivity (Wildman–Crippen MR) is 92.1 cm³/mol. The molecule has 0 unspecified atom stereocenters. The zero-order valence-electron chi connectivity index (χ0n) is 12.2. The summed E-state index contributed by atoms with van der Waals surface area (Å²) in [4.78, 5) is 35.2. The van der Waals surface area contributed by atoms with Crippen LogP contribution in [0.25, 0.3) is 0 Å².